The van der Waals surface area contributed by atoms with Crippen molar-refractivity contribution in [2.45, 2.75) is 18.7 Å². The highest BCUT2D eigenvalue weighted by molar-refractivity contribution is 7.90. The second kappa shape index (κ2) is 7.40. The molecule has 3 aromatic rings. The molecule has 0 amide bonds. The van der Waals surface area contributed by atoms with Gasteiger partial charge in [-0.3, -0.25) is 0 Å². The highest BCUT2D eigenvalue weighted by Gasteiger charge is 2.21. The Morgan fingerprint density at radius 2 is 1.74 bits per heavy atom. The molecule has 0 aliphatic carbocycles. The van der Waals surface area contributed by atoms with E-state index in [0.29, 0.717) is 16.9 Å². The van der Waals surface area contributed by atoms with Gasteiger partial charge in [0.15, 0.2) is 9.84 Å². The molecule has 0 unspecified atom stereocenters. The van der Waals surface area contributed by atoms with Gasteiger partial charge in [-0.25, -0.2) is 13.2 Å². The van der Waals surface area contributed by atoms with E-state index < -0.39 is 15.8 Å². The van der Waals surface area contributed by atoms with Gasteiger partial charge in [-0.1, -0.05) is 36.4 Å². The van der Waals surface area contributed by atoms with Gasteiger partial charge >= 0.3 is 5.97 Å². The van der Waals surface area contributed by atoms with Crippen molar-refractivity contribution in [3.63, 3.8) is 0 Å². The topological polar surface area (TPSA) is 65.4 Å². The van der Waals surface area contributed by atoms with E-state index in [1.165, 1.54) is 6.26 Å². The van der Waals surface area contributed by atoms with Gasteiger partial charge in [0.2, 0.25) is 0 Å². The van der Waals surface area contributed by atoms with Crippen LogP contribution in [-0.2, 0) is 14.6 Å². The number of carbonyl (C=O) groups is 1. The molecule has 0 atom stereocenters. The minimum Gasteiger partial charge on any atom is -0.462 e. The molecule has 0 saturated heterocycles. The van der Waals surface area contributed by atoms with Gasteiger partial charge in [-0.05, 0) is 43.7 Å². The fourth-order valence-electron chi connectivity index (χ4n) is 3.03. The number of carbonyl (C=O) groups excluding carboxylic acids is 1. The van der Waals surface area contributed by atoms with Crippen molar-refractivity contribution in [1.29, 1.82) is 0 Å². The van der Waals surface area contributed by atoms with Crippen LogP contribution < -0.4 is 0 Å². The summed E-state index contributed by atoms with van der Waals surface area (Å²) in [6, 6.07) is 18.1. The maximum absolute atomic E-state index is 12.4. The van der Waals surface area contributed by atoms with Gasteiger partial charge in [-0.2, -0.15) is 0 Å². The average molecular weight is 383 g/mol. The van der Waals surface area contributed by atoms with Crippen molar-refractivity contribution in [2.24, 2.45) is 0 Å². The molecule has 140 valence electrons. The molecule has 3 rings (SSSR count). The first-order valence-electron chi connectivity index (χ1n) is 8.58. The highest BCUT2D eigenvalue weighted by Crippen LogP contribution is 2.30. The molecule has 5 nitrogen and oxygen atoms in total. The molecule has 0 radical (unpaired) electrons. The number of aromatic nitrogens is 1. The summed E-state index contributed by atoms with van der Waals surface area (Å²) in [5, 5.41) is 0. The van der Waals surface area contributed by atoms with Crippen molar-refractivity contribution in [3.8, 4) is 16.9 Å². The standard InChI is InChI=1S/C21H21NO4S/c1-4-26-21(23)19-14-20(16-9-6-5-7-10-16)22(15(19)2)17-11-8-12-18(13-17)27(3,24)25/h5-14H,4H2,1-3H3. The Bertz CT molecular complexity index is 1080. The van der Waals surface area contributed by atoms with Crippen LogP contribution in [0, 0.1) is 6.92 Å². The zero-order valence-electron chi connectivity index (χ0n) is 15.5. The third kappa shape index (κ3) is 3.80. The Labute approximate surface area is 159 Å². The molecule has 6 heteroatoms. The lowest BCUT2D eigenvalue weighted by molar-refractivity contribution is 0.0525. The third-order valence-corrected chi connectivity index (χ3v) is 5.43. The summed E-state index contributed by atoms with van der Waals surface area (Å²) >= 11 is 0. The molecule has 1 aromatic heterocycles. The first kappa shape index (κ1) is 18.9. The van der Waals surface area contributed by atoms with Gasteiger partial charge < -0.3 is 9.30 Å². The van der Waals surface area contributed by atoms with Gasteiger partial charge in [0.1, 0.15) is 0 Å². The van der Waals surface area contributed by atoms with E-state index >= 15 is 0 Å². The number of hydrogen-bond acceptors (Lipinski definition) is 4. The second-order valence-electron chi connectivity index (χ2n) is 6.22. The number of benzene rings is 2. The Balaban J connectivity index is 2.27. The monoisotopic (exact) mass is 383 g/mol. The molecular formula is C21H21NO4S. The summed E-state index contributed by atoms with van der Waals surface area (Å²) in [6.45, 7) is 3.87. The van der Waals surface area contributed by atoms with Crippen LogP contribution in [0.5, 0.6) is 0 Å². The fourth-order valence-corrected chi connectivity index (χ4v) is 3.69. The molecule has 27 heavy (non-hydrogen) atoms. The molecular weight excluding hydrogens is 362 g/mol. The van der Waals surface area contributed by atoms with Crippen LogP contribution in [0.2, 0.25) is 0 Å². The highest BCUT2D eigenvalue weighted by atomic mass is 32.2. The maximum atomic E-state index is 12.4. The summed E-state index contributed by atoms with van der Waals surface area (Å²) < 4.78 is 31.0. The summed E-state index contributed by atoms with van der Waals surface area (Å²) in [7, 11) is -3.35. The minimum atomic E-state index is -3.35. The number of esters is 1. The zero-order chi connectivity index (χ0) is 19.6. The van der Waals surface area contributed by atoms with Gasteiger partial charge in [0.05, 0.1) is 22.8 Å². The smallest absolute Gasteiger partial charge is 0.339 e. The molecule has 2 aromatic carbocycles. The van der Waals surface area contributed by atoms with Crippen molar-refractivity contribution in [1.82, 2.24) is 4.57 Å². The molecule has 0 saturated carbocycles. The van der Waals surface area contributed by atoms with Crippen LogP contribution in [0.1, 0.15) is 23.0 Å². The first-order valence-corrected chi connectivity index (χ1v) is 10.5. The van der Waals surface area contributed by atoms with Crippen LogP contribution >= 0.6 is 0 Å². The SMILES string of the molecule is CCOC(=O)c1cc(-c2ccccc2)n(-c2cccc(S(C)(=O)=O)c2)c1C. The number of hydrogen-bond donors (Lipinski definition) is 0. The van der Waals surface area contributed by atoms with Gasteiger partial charge in [0, 0.05) is 17.6 Å². The van der Waals surface area contributed by atoms with E-state index in [1.54, 1.807) is 31.2 Å². The lowest BCUT2D eigenvalue weighted by Crippen LogP contribution is -2.07. The van der Waals surface area contributed by atoms with E-state index in [-0.39, 0.29) is 11.5 Å². The summed E-state index contributed by atoms with van der Waals surface area (Å²) in [4.78, 5) is 12.6. The molecule has 0 aliphatic rings. The van der Waals surface area contributed by atoms with Gasteiger partial charge in [-0.15, -0.1) is 0 Å². The van der Waals surface area contributed by atoms with Gasteiger partial charge in [0.25, 0.3) is 0 Å². The lowest BCUT2D eigenvalue weighted by Gasteiger charge is -2.13. The van der Waals surface area contributed by atoms with E-state index in [4.69, 9.17) is 4.74 Å². The Kier molecular flexibility index (Phi) is 5.19. The summed E-state index contributed by atoms with van der Waals surface area (Å²) in [6.07, 6.45) is 1.18. The molecule has 0 aliphatic heterocycles. The number of nitrogens with zero attached hydrogens (tertiary/aromatic N) is 1. The maximum Gasteiger partial charge on any atom is 0.339 e. The lowest BCUT2D eigenvalue weighted by atomic mass is 10.1. The van der Waals surface area contributed by atoms with Crippen molar-refractivity contribution in [3.05, 3.63) is 71.9 Å². The number of ether oxygens (including phenoxy) is 1. The normalized spacial score (nSPS) is 11.4. The largest absolute Gasteiger partial charge is 0.462 e. The second-order valence-corrected chi connectivity index (χ2v) is 8.24. The first-order chi connectivity index (χ1) is 12.8. The van der Waals surface area contributed by atoms with E-state index in [0.717, 1.165) is 11.3 Å². The Morgan fingerprint density at radius 1 is 1.04 bits per heavy atom. The minimum absolute atomic E-state index is 0.227. The van der Waals surface area contributed by atoms with E-state index in [1.807, 2.05) is 47.9 Å². The predicted octanol–water partition coefficient (Wildman–Crippen LogP) is 4.03. The molecule has 0 fully saturated rings. The summed E-state index contributed by atoms with van der Waals surface area (Å²) in [5.74, 6) is -0.398. The zero-order valence-corrected chi connectivity index (χ0v) is 16.3. The van der Waals surface area contributed by atoms with Crippen molar-refractivity contribution in [2.75, 3.05) is 12.9 Å². The van der Waals surface area contributed by atoms with Crippen LogP contribution in [-0.4, -0.2) is 31.8 Å². The Morgan fingerprint density at radius 3 is 2.37 bits per heavy atom. The van der Waals surface area contributed by atoms with E-state index in [2.05, 4.69) is 0 Å². The summed E-state index contributed by atoms with van der Waals surface area (Å²) in [5.41, 5.74) is 3.53. The van der Waals surface area contributed by atoms with Crippen LogP contribution in [0.25, 0.3) is 16.9 Å². The fraction of sp³-hybridized carbons (Fsp3) is 0.190. The van der Waals surface area contributed by atoms with Crippen LogP contribution in [0.4, 0.5) is 0 Å². The predicted molar refractivity (Wildman–Crippen MR) is 105 cm³/mol. The number of rotatable bonds is 5. The van der Waals surface area contributed by atoms with Crippen LogP contribution in [0.15, 0.2) is 65.6 Å². The van der Waals surface area contributed by atoms with E-state index in [9.17, 15) is 13.2 Å². The average Bonchev–Trinajstić information content (AvgIpc) is 2.99. The quantitative estimate of drug-likeness (QED) is 0.624. The molecule has 0 spiro atoms. The molecule has 0 N–H and O–H groups in total. The van der Waals surface area contributed by atoms with Crippen molar-refractivity contribution >= 4 is 15.8 Å². The van der Waals surface area contributed by atoms with Crippen molar-refractivity contribution < 1.29 is 17.9 Å². The molecule has 0 bridgehead atoms. The van der Waals surface area contributed by atoms with Crippen LogP contribution in [0.3, 0.4) is 0 Å². The molecule has 1 heterocycles. The Hall–Kier alpha value is -2.86. The number of sulfone groups is 1. The third-order valence-electron chi connectivity index (χ3n) is 4.32.